The Hall–Kier alpha value is -2.55. The van der Waals surface area contributed by atoms with Gasteiger partial charge in [-0.1, -0.05) is 23.8 Å². The van der Waals surface area contributed by atoms with Crippen molar-refractivity contribution in [2.45, 2.75) is 13.8 Å². The minimum absolute atomic E-state index is 0.0165. The summed E-state index contributed by atoms with van der Waals surface area (Å²) in [5, 5.41) is 3.07. The van der Waals surface area contributed by atoms with Gasteiger partial charge in [-0.25, -0.2) is 0 Å². The molecule has 0 saturated heterocycles. The highest BCUT2D eigenvalue weighted by molar-refractivity contribution is 6.04. The monoisotopic (exact) mass is 281 g/mol. The number of hydrogen-bond acceptors (Lipinski definition) is 3. The van der Waals surface area contributed by atoms with Crippen molar-refractivity contribution in [3.63, 3.8) is 0 Å². The van der Waals surface area contributed by atoms with Crippen molar-refractivity contribution >= 4 is 11.5 Å². The fraction of sp³-hybridized carbons (Fsp3) is 0.167. The summed E-state index contributed by atoms with van der Waals surface area (Å²) in [7, 11) is 0. The highest BCUT2D eigenvalue weighted by Gasteiger charge is 2.00. The van der Waals surface area contributed by atoms with Crippen LogP contribution in [0.25, 0.3) is 0 Å². The van der Waals surface area contributed by atoms with Gasteiger partial charge >= 0.3 is 0 Å². The van der Waals surface area contributed by atoms with Gasteiger partial charge in [0.1, 0.15) is 5.75 Å². The van der Waals surface area contributed by atoms with Crippen LogP contribution in [0.2, 0.25) is 0 Å². The summed E-state index contributed by atoms with van der Waals surface area (Å²) in [5.41, 5.74) is 2.68. The second kappa shape index (κ2) is 7.29. The molecule has 0 fully saturated rings. The summed E-state index contributed by atoms with van der Waals surface area (Å²) in [6.07, 6.45) is 3.19. The lowest BCUT2D eigenvalue weighted by Crippen LogP contribution is -1.97. The molecule has 3 nitrogen and oxygen atoms in total. The zero-order valence-corrected chi connectivity index (χ0v) is 12.3. The first kappa shape index (κ1) is 14.9. The van der Waals surface area contributed by atoms with Gasteiger partial charge < -0.3 is 10.1 Å². The normalized spacial score (nSPS) is 10.6. The van der Waals surface area contributed by atoms with Gasteiger partial charge in [0.15, 0.2) is 5.78 Å². The Bertz CT molecular complexity index is 630. The number of anilines is 1. The number of nitrogens with one attached hydrogen (secondary N) is 1. The van der Waals surface area contributed by atoms with Crippen LogP contribution in [0.5, 0.6) is 5.75 Å². The molecule has 0 atom stereocenters. The molecule has 108 valence electrons. The van der Waals surface area contributed by atoms with E-state index in [0.29, 0.717) is 12.2 Å². The Morgan fingerprint density at radius 3 is 2.62 bits per heavy atom. The first-order valence-electron chi connectivity index (χ1n) is 6.96. The maximum absolute atomic E-state index is 12.0. The fourth-order valence-electron chi connectivity index (χ4n) is 1.92. The third-order valence-corrected chi connectivity index (χ3v) is 2.95. The minimum Gasteiger partial charge on any atom is -0.494 e. The zero-order valence-electron chi connectivity index (χ0n) is 12.3. The van der Waals surface area contributed by atoms with E-state index < -0.39 is 0 Å². The molecular formula is C18H19NO2. The van der Waals surface area contributed by atoms with E-state index in [1.165, 1.54) is 6.08 Å². The van der Waals surface area contributed by atoms with Gasteiger partial charge in [-0.15, -0.1) is 0 Å². The molecule has 0 heterocycles. The lowest BCUT2D eigenvalue weighted by atomic mass is 10.1. The van der Waals surface area contributed by atoms with E-state index in [-0.39, 0.29) is 5.78 Å². The van der Waals surface area contributed by atoms with E-state index >= 15 is 0 Å². The molecule has 0 spiro atoms. The number of carbonyl (C=O) groups is 1. The molecule has 0 bridgehead atoms. The van der Waals surface area contributed by atoms with Crippen LogP contribution in [0.1, 0.15) is 22.8 Å². The number of allylic oxidation sites excluding steroid dienone is 1. The molecule has 0 amide bonds. The topological polar surface area (TPSA) is 38.3 Å². The maximum atomic E-state index is 12.0. The van der Waals surface area contributed by atoms with E-state index in [9.17, 15) is 4.79 Å². The highest BCUT2D eigenvalue weighted by atomic mass is 16.5. The molecule has 0 unspecified atom stereocenters. The first-order valence-corrected chi connectivity index (χ1v) is 6.96. The third kappa shape index (κ3) is 4.49. The van der Waals surface area contributed by atoms with Crippen LogP contribution in [-0.4, -0.2) is 12.4 Å². The van der Waals surface area contributed by atoms with Crippen LogP contribution in [0.4, 0.5) is 5.69 Å². The summed E-state index contributed by atoms with van der Waals surface area (Å²) in [4.78, 5) is 12.0. The number of aryl methyl sites for hydroxylation is 1. The van der Waals surface area contributed by atoms with Gasteiger partial charge in [0, 0.05) is 23.5 Å². The Labute approximate surface area is 125 Å². The van der Waals surface area contributed by atoms with Crippen LogP contribution in [0.3, 0.4) is 0 Å². The Morgan fingerprint density at radius 2 is 1.95 bits per heavy atom. The van der Waals surface area contributed by atoms with Gasteiger partial charge in [-0.3, -0.25) is 4.79 Å². The lowest BCUT2D eigenvalue weighted by Gasteiger charge is -2.04. The standard InChI is InChI=1S/C18H19NO2/c1-3-21-17-9-7-16(8-10-17)19-12-11-18(20)15-6-4-5-14(2)13-15/h4-13,19H,3H2,1-2H3. The molecule has 0 aromatic heterocycles. The van der Waals surface area contributed by atoms with E-state index in [1.807, 2.05) is 62.4 Å². The van der Waals surface area contributed by atoms with E-state index in [0.717, 1.165) is 17.0 Å². The summed E-state index contributed by atoms with van der Waals surface area (Å²) in [5.74, 6) is 0.819. The second-order valence-electron chi connectivity index (χ2n) is 4.67. The van der Waals surface area contributed by atoms with Crippen molar-refractivity contribution in [1.82, 2.24) is 0 Å². The minimum atomic E-state index is -0.0165. The van der Waals surface area contributed by atoms with Gasteiger partial charge in [0.05, 0.1) is 6.61 Å². The van der Waals surface area contributed by atoms with E-state index in [2.05, 4.69) is 5.32 Å². The van der Waals surface area contributed by atoms with Crippen molar-refractivity contribution in [2.75, 3.05) is 11.9 Å². The van der Waals surface area contributed by atoms with Gasteiger partial charge in [0.25, 0.3) is 0 Å². The first-order chi connectivity index (χ1) is 10.2. The summed E-state index contributed by atoms with van der Waals surface area (Å²) >= 11 is 0. The van der Waals surface area contributed by atoms with Crippen LogP contribution in [0.15, 0.2) is 60.8 Å². The number of benzene rings is 2. The smallest absolute Gasteiger partial charge is 0.187 e. The number of ketones is 1. The molecule has 2 aromatic carbocycles. The van der Waals surface area contributed by atoms with Crippen molar-refractivity contribution < 1.29 is 9.53 Å². The number of rotatable bonds is 6. The van der Waals surface area contributed by atoms with E-state index in [4.69, 9.17) is 4.74 Å². The Balaban J connectivity index is 1.94. The predicted octanol–water partition coefficient (Wildman–Crippen LogP) is 4.20. The van der Waals surface area contributed by atoms with Crippen molar-refractivity contribution in [3.8, 4) is 5.75 Å². The quantitative estimate of drug-likeness (QED) is 0.637. The van der Waals surface area contributed by atoms with Crippen molar-refractivity contribution in [2.24, 2.45) is 0 Å². The zero-order chi connectivity index (χ0) is 15.1. The molecular weight excluding hydrogens is 262 g/mol. The molecule has 0 aliphatic carbocycles. The lowest BCUT2D eigenvalue weighted by molar-refractivity contribution is 0.104. The summed E-state index contributed by atoms with van der Waals surface area (Å²) in [6, 6.07) is 15.2. The molecule has 0 saturated carbocycles. The summed E-state index contributed by atoms with van der Waals surface area (Å²) < 4.78 is 5.37. The number of hydrogen-bond donors (Lipinski definition) is 1. The van der Waals surface area contributed by atoms with Crippen LogP contribution >= 0.6 is 0 Å². The SMILES string of the molecule is CCOc1ccc(NC=CC(=O)c2cccc(C)c2)cc1. The molecule has 2 rings (SSSR count). The van der Waals surface area contributed by atoms with Gasteiger partial charge in [-0.05, 0) is 44.2 Å². The van der Waals surface area contributed by atoms with Crippen LogP contribution in [0, 0.1) is 6.92 Å². The molecule has 0 radical (unpaired) electrons. The average molecular weight is 281 g/mol. The van der Waals surface area contributed by atoms with Crippen LogP contribution in [-0.2, 0) is 0 Å². The molecule has 3 heteroatoms. The van der Waals surface area contributed by atoms with Gasteiger partial charge in [-0.2, -0.15) is 0 Å². The van der Waals surface area contributed by atoms with Crippen molar-refractivity contribution in [3.05, 3.63) is 71.9 Å². The van der Waals surface area contributed by atoms with Crippen LogP contribution < -0.4 is 10.1 Å². The Morgan fingerprint density at radius 1 is 1.19 bits per heavy atom. The fourth-order valence-corrected chi connectivity index (χ4v) is 1.92. The van der Waals surface area contributed by atoms with Gasteiger partial charge in [0.2, 0.25) is 0 Å². The highest BCUT2D eigenvalue weighted by Crippen LogP contribution is 2.15. The van der Waals surface area contributed by atoms with E-state index in [1.54, 1.807) is 6.20 Å². The maximum Gasteiger partial charge on any atom is 0.187 e. The number of carbonyl (C=O) groups excluding carboxylic acids is 1. The third-order valence-electron chi connectivity index (χ3n) is 2.95. The average Bonchev–Trinajstić information content (AvgIpc) is 2.49. The summed E-state index contributed by atoms with van der Waals surface area (Å²) in [6.45, 7) is 4.57. The predicted molar refractivity (Wildman–Crippen MR) is 85.9 cm³/mol. The second-order valence-corrected chi connectivity index (χ2v) is 4.67. The molecule has 2 aromatic rings. The number of ether oxygens (including phenoxy) is 1. The Kier molecular flexibility index (Phi) is 5.16. The molecule has 21 heavy (non-hydrogen) atoms. The molecule has 1 N–H and O–H groups in total. The molecule has 0 aliphatic rings. The molecule has 0 aliphatic heterocycles. The van der Waals surface area contributed by atoms with Crippen molar-refractivity contribution in [1.29, 1.82) is 0 Å². The largest absolute Gasteiger partial charge is 0.494 e.